The van der Waals surface area contributed by atoms with Crippen LogP contribution in [-0.2, 0) is 9.53 Å². The van der Waals surface area contributed by atoms with Crippen molar-refractivity contribution in [2.75, 3.05) is 14.1 Å². The number of carbonyl (C=O) groups excluding carboxylic acids is 2. The lowest BCUT2D eigenvalue weighted by Crippen LogP contribution is -2.31. The fourth-order valence-electron chi connectivity index (χ4n) is 2.38. The van der Waals surface area contributed by atoms with E-state index in [4.69, 9.17) is 4.74 Å². The molecule has 0 spiro atoms. The molecule has 0 saturated heterocycles. The van der Waals surface area contributed by atoms with E-state index in [2.05, 4.69) is 4.98 Å². The second-order valence-electron chi connectivity index (χ2n) is 5.97. The third-order valence-electron chi connectivity index (χ3n) is 3.80. The Balaban J connectivity index is 1.82. The molecule has 0 unspecified atom stereocenters. The van der Waals surface area contributed by atoms with Crippen molar-refractivity contribution in [1.29, 1.82) is 0 Å². The molecular formula is C20H17FN2O3S. The van der Waals surface area contributed by atoms with Gasteiger partial charge in [-0.3, -0.25) is 4.79 Å². The fourth-order valence-corrected chi connectivity index (χ4v) is 3.18. The lowest BCUT2D eigenvalue weighted by molar-refractivity contribution is -0.138. The third kappa shape index (κ3) is 4.38. The highest BCUT2D eigenvalue weighted by molar-refractivity contribution is 7.13. The van der Waals surface area contributed by atoms with Crippen LogP contribution in [0.5, 0.6) is 0 Å². The van der Waals surface area contributed by atoms with E-state index in [9.17, 15) is 14.0 Å². The number of likely N-dealkylation sites (N-methyl/N-ethyl adjacent to an activating group) is 1. The van der Waals surface area contributed by atoms with Crippen LogP contribution in [0.3, 0.4) is 0 Å². The Kier molecular flexibility index (Phi) is 5.61. The number of ether oxygens (including phenoxy) is 1. The number of carbonyl (C=O) groups is 2. The van der Waals surface area contributed by atoms with Crippen LogP contribution in [0.4, 0.5) is 4.39 Å². The van der Waals surface area contributed by atoms with Crippen LogP contribution in [0.1, 0.15) is 22.2 Å². The molecule has 0 aliphatic rings. The van der Waals surface area contributed by atoms with Crippen molar-refractivity contribution in [1.82, 2.24) is 9.88 Å². The van der Waals surface area contributed by atoms with Gasteiger partial charge in [-0.25, -0.2) is 14.2 Å². The SMILES string of the molecule is CN(C)C(=O)[C@@H](OC(=O)c1csc(-c2ccc(F)cc2)n1)c1ccccc1. The first kappa shape index (κ1) is 18.7. The smallest absolute Gasteiger partial charge is 0.358 e. The topological polar surface area (TPSA) is 59.5 Å². The van der Waals surface area contributed by atoms with Crippen molar-refractivity contribution in [3.05, 3.63) is 77.1 Å². The summed E-state index contributed by atoms with van der Waals surface area (Å²) in [6.45, 7) is 0. The molecule has 1 atom stereocenters. The van der Waals surface area contributed by atoms with Crippen LogP contribution in [0, 0.1) is 5.82 Å². The van der Waals surface area contributed by atoms with E-state index in [1.165, 1.54) is 28.4 Å². The van der Waals surface area contributed by atoms with Crippen LogP contribution < -0.4 is 0 Å². The molecule has 3 aromatic rings. The number of hydrogen-bond acceptors (Lipinski definition) is 5. The molecule has 0 N–H and O–H groups in total. The minimum atomic E-state index is -1.05. The Morgan fingerprint density at radius 3 is 2.37 bits per heavy atom. The molecule has 0 aliphatic carbocycles. The number of esters is 1. The maximum absolute atomic E-state index is 13.1. The van der Waals surface area contributed by atoms with Crippen LogP contribution in [-0.4, -0.2) is 35.9 Å². The lowest BCUT2D eigenvalue weighted by atomic mass is 10.1. The summed E-state index contributed by atoms with van der Waals surface area (Å²) in [5, 5.41) is 2.13. The minimum absolute atomic E-state index is 0.104. The molecule has 2 aromatic carbocycles. The summed E-state index contributed by atoms with van der Waals surface area (Å²) >= 11 is 1.24. The molecule has 0 bridgehead atoms. The Morgan fingerprint density at radius 2 is 1.74 bits per heavy atom. The Hall–Kier alpha value is -3.06. The highest BCUT2D eigenvalue weighted by Crippen LogP contribution is 2.26. The van der Waals surface area contributed by atoms with Crippen molar-refractivity contribution in [3.8, 4) is 10.6 Å². The van der Waals surface area contributed by atoms with Gasteiger partial charge in [-0.2, -0.15) is 0 Å². The van der Waals surface area contributed by atoms with Crippen molar-refractivity contribution in [3.63, 3.8) is 0 Å². The summed E-state index contributed by atoms with van der Waals surface area (Å²) in [7, 11) is 3.20. The van der Waals surface area contributed by atoms with Gasteiger partial charge in [0.15, 0.2) is 5.69 Å². The zero-order chi connectivity index (χ0) is 19.4. The molecular weight excluding hydrogens is 367 g/mol. The summed E-state index contributed by atoms with van der Waals surface area (Å²) in [5.41, 5.74) is 1.38. The van der Waals surface area contributed by atoms with Crippen LogP contribution in [0.25, 0.3) is 10.6 Å². The number of nitrogens with zero attached hydrogens (tertiary/aromatic N) is 2. The van der Waals surface area contributed by atoms with Crippen molar-refractivity contribution < 1.29 is 18.7 Å². The van der Waals surface area contributed by atoms with E-state index >= 15 is 0 Å². The molecule has 7 heteroatoms. The number of amides is 1. The Labute approximate surface area is 160 Å². The average molecular weight is 384 g/mol. The first-order chi connectivity index (χ1) is 13.0. The van der Waals surface area contributed by atoms with Gasteiger partial charge in [0.2, 0.25) is 6.10 Å². The maximum Gasteiger partial charge on any atom is 0.358 e. The van der Waals surface area contributed by atoms with Gasteiger partial charge in [0.25, 0.3) is 5.91 Å². The van der Waals surface area contributed by atoms with E-state index in [1.807, 2.05) is 6.07 Å². The molecule has 138 valence electrons. The number of aromatic nitrogens is 1. The van der Waals surface area contributed by atoms with Crippen molar-refractivity contribution in [2.45, 2.75) is 6.10 Å². The Bertz CT molecular complexity index is 939. The first-order valence-corrected chi connectivity index (χ1v) is 9.02. The standard InChI is InChI=1S/C20H17FN2O3S/c1-23(2)19(24)17(13-6-4-3-5-7-13)26-20(25)16-12-27-18(22-16)14-8-10-15(21)11-9-14/h3-12,17H,1-2H3/t17-/m0/s1. The summed E-state index contributed by atoms with van der Waals surface area (Å²) in [6.07, 6.45) is -1.05. The highest BCUT2D eigenvalue weighted by Gasteiger charge is 2.28. The molecule has 1 amide bonds. The molecule has 0 aliphatic heterocycles. The Morgan fingerprint density at radius 1 is 1.07 bits per heavy atom. The minimum Gasteiger partial charge on any atom is -0.443 e. The van der Waals surface area contributed by atoms with Crippen LogP contribution in [0.2, 0.25) is 0 Å². The zero-order valence-electron chi connectivity index (χ0n) is 14.8. The number of benzene rings is 2. The van der Waals surface area contributed by atoms with E-state index < -0.39 is 12.1 Å². The molecule has 0 radical (unpaired) electrons. The fraction of sp³-hybridized carbons (Fsp3) is 0.150. The van der Waals surface area contributed by atoms with Crippen molar-refractivity contribution >= 4 is 23.2 Å². The summed E-state index contributed by atoms with van der Waals surface area (Å²) in [5.74, 6) is -1.38. The maximum atomic E-state index is 13.1. The van der Waals surface area contributed by atoms with Gasteiger partial charge >= 0.3 is 5.97 Å². The van der Waals surface area contributed by atoms with Gasteiger partial charge in [0, 0.05) is 30.6 Å². The van der Waals surface area contributed by atoms with Gasteiger partial charge < -0.3 is 9.64 Å². The van der Waals surface area contributed by atoms with Gasteiger partial charge in [-0.15, -0.1) is 11.3 Å². The highest BCUT2D eigenvalue weighted by atomic mass is 32.1. The quantitative estimate of drug-likeness (QED) is 0.626. The monoisotopic (exact) mass is 384 g/mol. The third-order valence-corrected chi connectivity index (χ3v) is 4.69. The molecule has 0 saturated carbocycles. The predicted molar refractivity (Wildman–Crippen MR) is 101 cm³/mol. The second kappa shape index (κ2) is 8.09. The van der Waals surface area contributed by atoms with Gasteiger partial charge in [0.05, 0.1) is 0 Å². The van der Waals surface area contributed by atoms with E-state index in [-0.39, 0.29) is 17.4 Å². The molecule has 0 fully saturated rings. The van der Waals surface area contributed by atoms with Crippen molar-refractivity contribution in [2.24, 2.45) is 0 Å². The molecule has 1 heterocycles. The van der Waals surface area contributed by atoms with Crippen LogP contribution in [0.15, 0.2) is 60.0 Å². The largest absolute Gasteiger partial charge is 0.443 e. The molecule has 1 aromatic heterocycles. The van der Waals surface area contributed by atoms with Crippen LogP contribution >= 0.6 is 11.3 Å². The normalized spacial score (nSPS) is 11.7. The average Bonchev–Trinajstić information content (AvgIpc) is 3.17. The molecule has 5 nitrogen and oxygen atoms in total. The van der Waals surface area contributed by atoms with Gasteiger partial charge in [-0.1, -0.05) is 30.3 Å². The van der Waals surface area contributed by atoms with Gasteiger partial charge in [-0.05, 0) is 24.3 Å². The van der Waals surface area contributed by atoms with E-state index in [0.717, 1.165) is 0 Å². The summed E-state index contributed by atoms with van der Waals surface area (Å²) in [6, 6.07) is 14.7. The number of thiazole rings is 1. The lowest BCUT2D eigenvalue weighted by Gasteiger charge is -2.20. The number of rotatable bonds is 5. The van der Waals surface area contributed by atoms with E-state index in [1.54, 1.807) is 55.9 Å². The second-order valence-corrected chi connectivity index (χ2v) is 6.83. The zero-order valence-corrected chi connectivity index (χ0v) is 15.6. The molecule has 3 rings (SSSR count). The predicted octanol–water partition coefficient (Wildman–Crippen LogP) is 3.94. The summed E-state index contributed by atoms with van der Waals surface area (Å²) in [4.78, 5) is 30.6. The number of halogens is 1. The molecule has 27 heavy (non-hydrogen) atoms. The van der Waals surface area contributed by atoms with E-state index in [0.29, 0.717) is 16.1 Å². The summed E-state index contributed by atoms with van der Waals surface area (Å²) < 4.78 is 18.5. The number of hydrogen-bond donors (Lipinski definition) is 0. The van der Waals surface area contributed by atoms with Gasteiger partial charge in [0.1, 0.15) is 10.8 Å². The first-order valence-electron chi connectivity index (χ1n) is 8.14.